The van der Waals surface area contributed by atoms with Gasteiger partial charge >= 0.3 is 0 Å². The second kappa shape index (κ2) is 6.04. The molecule has 0 radical (unpaired) electrons. The van der Waals surface area contributed by atoms with Gasteiger partial charge in [0.1, 0.15) is 12.4 Å². The zero-order valence-electron chi connectivity index (χ0n) is 9.82. The Labute approximate surface area is 119 Å². The number of hydrogen-bond acceptors (Lipinski definition) is 2. The average molecular weight is 358 g/mol. The van der Waals surface area contributed by atoms with Gasteiger partial charge in [-0.05, 0) is 52.9 Å². The Morgan fingerprint density at radius 1 is 1.11 bits per heavy atom. The largest absolute Gasteiger partial charge is 0.494 e. The fraction of sp³-hybridized carbons (Fsp3) is 0.143. The standard InChI is InChI=1S/C14H12FIO2/c1-17-13-4-2-3-10(14(13)15)9-18-12-7-5-11(16)6-8-12/h2-8H,9H2,1H3. The lowest BCUT2D eigenvalue weighted by molar-refractivity contribution is 0.295. The van der Waals surface area contributed by atoms with Crippen molar-refractivity contribution >= 4 is 22.6 Å². The first kappa shape index (κ1) is 13.1. The highest BCUT2D eigenvalue weighted by atomic mass is 127. The second-order valence-electron chi connectivity index (χ2n) is 3.68. The molecule has 0 bridgehead atoms. The van der Waals surface area contributed by atoms with Crippen LogP contribution in [-0.4, -0.2) is 7.11 Å². The number of rotatable bonds is 4. The molecule has 2 rings (SSSR count). The summed E-state index contributed by atoms with van der Waals surface area (Å²) < 4.78 is 25.4. The zero-order valence-corrected chi connectivity index (χ0v) is 12.0. The molecule has 0 atom stereocenters. The van der Waals surface area contributed by atoms with Gasteiger partial charge in [0.05, 0.1) is 7.11 Å². The van der Waals surface area contributed by atoms with Gasteiger partial charge in [-0.3, -0.25) is 0 Å². The Hall–Kier alpha value is -1.30. The van der Waals surface area contributed by atoms with Crippen molar-refractivity contribution in [3.05, 3.63) is 57.4 Å². The Kier molecular flexibility index (Phi) is 4.41. The minimum absolute atomic E-state index is 0.184. The molecule has 0 amide bonds. The number of benzene rings is 2. The van der Waals surface area contributed by atoms with Crippen molar-refractivity contribution in [2.75, 3.05) is 7.11 Å². The molecule has 2 nitrogen and oxygen atoms in total. The van der Waals surface area contributed by atoms with Crippen LogP contribution in [0.3, 0.4) is 0 Å². The maximum absolute atomic E-state index is 13.8. The van der Waals surface area contributed by atoms with Gasteiger partial charge in [0.2, 0.25) is 0 Å². The van der Waals surface area contributed by atoms with Crippen molar-refractivity contribution in [2.24, 2.45) is 0 Å². The topological polar surface area (TPSA) is 18.5 Å². The van der Waals surface area contributed by atoms with Crippen LogP contribution in [0.4, 0.5) is 4.39 Å². The van der Waals surface area contributed by atoms with Crippen molar-refractivity contribution in [2.45, 2.75) is 6.61 Å². The molecule has 0 unspecified atom stereocenters. The Morgan fingerprint density at radius 3 is 2.50 bits per heavy atom. The van der Waals surface area contributed by atoms with E-state index in [1.165, 1.54) is 7.11 Å². The van der Waals surface area contributed by atoms with Gasteiger partial charge in [-0.25, -0.2) is 4.39 Å². The van der Waals surface area contributed by atoms with Crippen molar-refractivity contribution < 1.29 is 13.9 Å². The van der Waals surface area contributed by atoms with Crippen LogP contribution in [-0.2, 0) is 6.61 Å². The van der Waals surface area contributed by atoms with E-state index < -0.39 is 0 Å². The van der Waals surface area contributed by atoms with Crippen molar-refractivity contribution in [1.82, 2.24) is 0 Å². The highest BCUT2D eigenvalue weighted by molar-refractivity contribution is 14.1. The predicted octanol–water partition coefficient (Wildman–Crippen LogP) is 4.02. The van der Waals surface area contributed by atoms with E-state index >= 15 is 0 Å². The minimum Gasteiger partial charge on any atom is -0.494 e. The summed E-state index contributed by atoms with van der Waals surface area (Å²) in [5.74, 6) is 0.585. The third-order valence-corrected chi connectivity index (χ3v) is 3.19. The van der Waals surface area contributed by atoms with Crippen LogP contribution >= 0.6 is 22.6 Å². The summed E-state index contributed by atoms with van der Waals surface area (Å²) in [7, 11) is 1.45. The fourth-order valence-electron chi connectivity index (χ4n) is 1.52. The summed E-state index contributed by atoms with van der Waals surface area (Å²) in [4.78, 5) is 0. The molecule has 0 spiro atoms. The molecule has 0 heterocycles. The van der Waals surface area contributed by atoms with Crippen molar-refractivity contribution in [3.63, 3.8) is 0 Å². The van der Waals surface area contributed by atoms with Crippen LogP contribution in [0, 0.1) is 9.39 Å². The van der Waals surface area contributed by atoms with Crippen LogP contribution in [0.15, 0.2) is 42.5 Å². The molecule has 2 aromatic carbocycles. The first-order valence-corrected chi connectivity index (χ1v) is 6.48. The van der Waals surface area contributed by atoms with E-state index in [9.17, 15) is 4.39 Å². The summed E-state index contributed by atoms with van der Waals surface area (Å²) in [6.07, 6.45) is 0. The highest BCUT2D eigenvalue weighted by Gasteiger charge is 2.08. The quantitative estimate of drug-likeness (QED) is 0.769. The van der Waals surface area contributed by atoms with E-state index in [0.29, 0.717) is 5.56 Å². The molecule has 94 valence electrons. The van der Waals surface area contributed by atoms with Crippen LogP contribution < -0.4 is 9.47 Å². The predicted molar refractivity (Wildman–Crippen MR) is 76.4 cm³/mol. The molecule has 0 aliphatic heterocycles. The van der Waals surface area contributed by atoms with E-state index in [2.05, 4.69) is 22.6 Å². The molecule has 0 aliphatic rings. The third kappa shape index (κ3) is 3.13. The van der Waals surface area contributed by atoms with Crippen LogP contribution in [0.25, 0.3) is 0 Å². The summed E-state index contributed by atoms with van der Waals surface area (Å²) in [6, 6.07) is 12.6. The Morgan fingerprint density at radius 2 is 1.83 bits per heavy atom. The molecule has 2 aromatic rings. The molecule has 0 aromatic heterocycles. The SMILES string of the molecule is COc1cccc(COc2ccc(I)cc2)c1F. The summed E-state index contributed by atoms with van der Waals surface area (Å²) >= 11 is 2.22. The molecular weight excluding hydrogens is 346 g/mol. The van der Waals surface area contributed by atoms with Crippen LogP contribution in [0.5, 0.6) is 11.5 Å². The average Bonchev–Trinajstić information content (AvgIpc) is 2.39. The summed E-state index contributed by atoms with van der Waals surface area (Å²) in [5, 5.41) is 0. The maximum Gasteiger partial charge on any atom is 0.171 e. The van der Waals surface area contributed by atoms with Crippen molar-refractivity contribution in [3.8, 4) is 11.5 Å². The molecule has 0 saturated carbocycles. The smallest absolute Gasteiger partial charge is 0.171 e. The zero-order chi connectivity index (χ0) is 13.0. The van der Waals surface area contributed by atoms with E-state index in [0.717, 1.165) is 9.32 Å². The Bertz CT molecular complexity index is 526. The number of halogens is 2. The normalized spacial score (nSPS) is 10.2. The Balaban J connectivity index is 2.08. The van der Waals surface area contributed by atoms with E-state index in [-0.39, 0.29) is 18.2 Å². The second-order valence-corrected chi connectivity index (χ2v) is 4.92. The molecule has 18 heavy (non-hydrogen) atoms. The van der Waals surface area contributed by atoms with Gasteiger partial charge in [0.25, 0.3) is 0 Å². The lowest BCUT2D eigenvalue weighted by atomic mass is 10.2. The molecule has 0 aliphatic carbocycles. The van der Waals surface area contributed by atoms with Crippen LogP contribution in [0.1, 0.15) is 5.56 Å². The lowest BCUT2D eigenvalue weighted by Gasteiger charge is -2.09. The number of methoxy groups -OCH3 is 1. The first-order valence-electron chi connectivity index (χ1n) is 5.40. The van der Waals surface area contributed by atoms with Gasteiger partial charge in [0, 0.05) is 9.13 Å². The van der Waals surface area contributed by atoms with Crippen molar-refractivity contribution in [1.29, 1.82) is 0 Å². The van der Waals surface area contributed by atoms with Gasteiger partial charge in [0.15, 0.2) is 11.6 Å². The molecule has 0 fully saturated rings. The lowest BCUT2D eigenvalue weighted by Crippen LogP contribution is -2.00. The number of ether oxygens (including phenoxy) is 2. The molecule has 0 N–H and O–H groups in total. The van der Waals surface area contributed by atoms with Crippen LogP contribution in [0.2, 0.25) is 0 Å². The van der Waals surface area contributed by atoms with Gasteiger partial charge in [-0.15, -0.1) is 0 Å². The fourth-order valence-corrected chi connectivity index (χ4v) is 1.88. The summed E-state index contributed by atoms with van der Waals surface area (Å²) in [6.45, 7) is 0.184. The first-order chi connectivity index (χ1) is 8.70. The van der Waals surface area contributed by atoms with Gasteiger partial charge in [-0.1, -0.05) is 12.1 Å². The molecule has 4 heteroatoms. The molecule has 0 saturated heterocycles. The monoisotopic (exact) mass is 358 g/mol. The van der Waals surface area contributed by atoms with Gasteiger partial charge < -0.3 is 9.47 Å². The van der Waals surface area contributed by atoms with E-state index in [4.69, 9.17) is 9.47 Å². The van der Waals surface area contributed by atoms with E-state index in [1.807, 2.05) is 24.3 Å². The molecular formula is C14H12FIO2. The summed E-state index contributed by atoms with van der Waals surface area (Å²) in [5.41, 5.74) is 0.480. The number of hydrogen-bond donors (Lipinski definition) is 0. The highest BCUT2D eigenvalue weighted by Crippen LogP contribution is 2.22. The minimum atomic E-state index is -0.370. The maximum atomic E-state index is 13.8. The third-order valence-electron chi connectivity index (χ3n) is 2.47. The van der Waals surface area contributed by atoms with E-state index in [1.54, 1.807) is 18.2 Å². The van der Waals surface area contributed by atoms with Gasteiger partial charge in [-0.2, -0.15) is 0 Å².